The summed E-state index contributed by atoms with van der Waals surface area (Å²) in [5.41, 5.74) is 2.49. The highest BCUT2D eigenvalue weighted by molar-refractivity contribution is 6.04. The monoisotopic (exact) mass is 301 g/mol. The topological polar surface area (TPSA) is 38.3 Å². The Kier molecular flexibility index (Phi) is 4.81. The molecule has 0 unspecified atom stereocenters. The van der Waals surface area contributed by atoms with Crippen molar-refractivity contribution in [2.75, 3.05) is 12.4 Å². The number of rotatable bonds is 4. The molecule has 3 nitrogen and oxygen atoms in total. The standard InChI is InChI=1S/C18H20FNO2/c1-11(2)14-10-13(6-8-17(14)22-4)18(21)20-16-9-12(3)5-7-15(16)19/h5-11H,1-4H3,(H,20,21). The van der Waals surface area contributed by atoms with Crippen LogP contribution in [0.1, 0.15) is 41.3 Å². The van der Waals surface area contributed by atoms with E-state index in [1.54, 1.807) is 37.4 Å². The van der Waals surface area contributed by atoms with Crippen molar-refractivity contribution in [2.45, 2.75) is 26.7 Å². The van der Waals surface area contributed by atoms with Gasteiger partial charge in [0, 0.05) is 5.56 Å². The Hall–Kier alpha value is -2.36. The lowest BCUT2D eigenvalue weighted by molar-refractivity contribution is 0.102. The molecule has 0 fully saturated rings. The lowest BCUT2D eigenvalue weighted by Crippen LogP contribution is -2.14. The Labute approximate surface area is 130 Å². The highest BCUT2D eigenvalue weighted by Gasteiger charge is 2.14. The van der Waals surface area contributed by atoms with Crippen molar-refractivity contribution in [3.8, 4) is 5.75 Å². The number of nitrogens with one attached hydrogen (secondary N) is 1. The van der Waals surface area contributed by atoms with E-state index in [2.05, 4.69) is 5.32 Å². The third kappa shape index (κ3) is 3.45. The minimum absolute atomic E-state index is 0.187. The van der Waals surface area contributed by atoms with Crippen LogP contribution in [0.4, 0.5) is 10.1 Å². The fourth-order valence-electron chi connectivity index (χ4n) is 2.26. The van der Waals surface area contributed by atoms with E-state index in [1.165, 1.54) is 6.07 Å². The van der Waals surface area contributed by atoms with Gasteiger partial charge in [-0.1, -0.05) is 19.9 Å². The zero-order chi connectivity index (χ0) is 16.3. The molecule has 0 aliphatic carbocycles. The van der Waals surface area contributed by atoms with Crippen LogP contribution in [0.5, 0.6) is 5.75 Å². The van der Waals surface area contributed by atoms with Crippen molar-refractivity contribution in [1.82, 2.24) is 0 Å². The van der Waals surface area contributed by atoms with Crippen molar-refractivity contribution in [1.29, 1.82) is 0 Å². The van der Waals surface area contributed by atoms with E-state index >= 15 is 0 Å². The first-order chi connectivity index (χ1) is 10.4. The van der Waals surface area contributed by atoms with Crippen LogP contribution >= 0.6 is 0 Å². The van der Waals surface area contributed by atoms with Crippen LogP contribution in [0.3, 0.4) is 0 Å². The Morgan fingerprint density at radius 3 is 2.55 bits per heavy atom. The number of benzene rings is 2. The van der Waals surface area contributed by atoms with Gasteiger partial charge < -0.3 is 10.1 Å². The van der Waals surface area contributed by atoms with Crippen LogP contribution < -0.4 is 10.1 Å². The molecule has 0 saturated carbocycles. The first-order valence-electron chi connectivity index (χ1n) is 7.17. The lowest BCUT2D eigenvalue weighted by atomic mass is 9.99. The summed E-state index contributed by atoms with van der Waals surface area (Å²) < 4.78 is 19.0. The van der Waals surface area contributed by atoms with Crippen LogP contribution in [0.15, 0.2) is 36.4 Å². The summed E-state index contributed by atoms with van der Waals surface area (Å²) in [6.07, 6.45) is 0. The number of aryl methyl sites for hydroxylation is 1. The number of anilines is 1. The number of hydrogen-bond donors (Lipinski definition) is 1. The van der Waals surface area contributed by atoms with Crippen LogP contribution in [-0.2, 0) is 0 Å². The van der Waals surface area contributed by atoms with Gasteiger partial charge in [0.1, 0.15) is 11.6 Å². The third-order valence-electron chi connectivity index (χ3n) is 3.48. The summed E-state index contributed by atoms with van der Waals surface area (Å²) in [7, 11) is 1.60. The fourth-order valence-corrected chi connectivity index (χ4v) is 2.26. The Morgan fingerprint density at radius 1 is 1.18 bits per heavy atom. The maximum atomic E-state index is 13.7. The molecule has 0 heterocycles. The molecular weight excluding hydrogens is 281 g/mol. The number of amides is 1. The molecule has 4 heteroatoms. The minimum Gasteiger partial charge on any atom is -0.496 e. The second-order valence-electron chi connectivity index (χ2n) is 5.55. The van der Waals surface area contributed by atoms with Gasteiger partial charge in [-0.05, 0) is 54.3 Å². The van der Waals surface area contributed by atoms with Crippen LogP contribution in [0, 0.1) is 12.7 Å². The summed E-state index contributed by atoms with van der Waals surface area (Å²) in [4.78, 5) is 12.3. The molecule has 2 rings (SSSR count). The summed E-state index contributed by atoms with van der Waals surface area (Å²) in [6.45, 7) is 5.90. The van der Waals surface area contributed by atoms with Gasteiger partial charge in [-0.25, -0.2) is 4.39 Å². The largest absolute Gasteiger partial charge is 0.496 e. The first-order valence-corrected chi connectivity index (χ1v) is 7.17. The SMILES string of the molecule is COc1ccc(C(=O)Nc2cc(C)ccc2F)cc1C(C)C. The van der Waals surface area contributed by atoms with E-state index in [1.807, 2.05) is 20.8 Å². The molecule has 0 aliphatic heterocycles. The Morgan fingerprint density at radius 2 is 1.91 bits per heavy atom. The van der Waals surface area contributed by atoms with Gasteiger partial charge in [-0.3, -0.25) is 4.79 Å². The molecule has 0 atom stereocenters. The maximum absolute atomic E-state index is 13.7. The first kappa shape index (κ1) is 16.0. The van der Waals surface area contributed by atoms with Crippen molar-refractivity contribution >= 4 is 11.6 Å². The number of halogens is 1. The van der Waals surface area contributed by atoms with E-state index < -0.39 is 5.82 Å². The maximum Gasteiger partial charge on any atom is 0.255 e. The van der Waals surface area contributed by atoms with Crippen molar-refractivity contribution < 1.29 is 13.9 Å². The third-order valence-corrected chi connectivity index (χ3v) is 3.48. The van der Waals surface area contributed by atoms with E-state index in [-0.39, 0.29) is 17.5 Å². The molecule has 0 spiro atoms. The van der Waals surface area contributed by atoms with Gasteiger partial charge in [0.25, 0.3) is 5.91 Å². The van der Waals surface area contributed by atoms with E-state index in [4.69, 9.17) is 4.74 Å². The highest BCUT2D eigenvalue weighted by Crippen LogP contribution is 2.27. The predicted octanol–water partition coefficient (Wildman–Crippen LogP) is 4.52. The Balaban J connectivity index is 2.30. The van der Waals surface area contributed by atoms with Crippen LogP contribution in [0.25, 0.3) is 0 Å². The fraction of sp³-hybridized carbons (Fsp3) is 0.278. The average Bonchev–Trinajstić information content (AvgIpc) is 2.50. The number of carbonyl (C=O) groups excluding carboxylic acids is 1. The van der Waals surface area contributed by atoms with E-state index in [0.717, 1.165) is 16.9 Å². The molecule has 0 radical (unpaired) electrons. The highest BCUT2D eigenvalue weighted by atomic mass is 19.1. The molecule has 116 valence electrons. The van der Waals surface area contributed by atoms with Crippen LogP contribution in [-0.4, -0.2) is 13.0 Å². The normalized spacial score (nSPS) is 10.6. The van der Waals surface area contributed by atoms with Gasteiger partial charge in [-0.2, -0.15) is 0 Å². The van der Waals surface area contributed by atoms with Gasteiger partial charge in [-0.15, -0.1) is 0 Å². The number of hydrogen-bond acceptors (Lipinski definition) is 2. The quantitative estimate of drug-likeness (QED) is 0.901. The summed E-state index contributed by atoms with van der Waals surface area (Å²) in [6, 6.07) is 9.84. The van der Waals surface area contributed by atoms with E-state index in [9.17, 15) is 9.18 Å². The minimum atomic E-state index is -0.448. The zero-order valence-electron chi connectivity index (χ0n) is 13.2. The van der Waals surface area contributed by atoms with Crippen LogP contribution in [0.2, 0.25) is 0 Å². The number of ether oxygens (including phenoxy) is 1. The molecule has 1 N–H and O–H groups in total. The molecule has 0 saturated heterocycles. The van der Waals surface area contributed by atoms with Crippen molar-refractivity contribution in [2.24, 2.45) is 0 Å². The molecular formula is C18H20FNO2. The molecule has 0 aromatic heterocycles. The Bertz CT molecular complexity index is 695. The lowest BCUT2D eigenvalue weighted by Gasteiger charge is -2.14. The average molecular weight is 301 g/mol. The molecule has 2 aromatic carbocycles. The summed E-state index contributed by atoms with van der Waals surface area (Å²) in [5, 5.41) is 2.62. The molecule has 2 aromatic rings. The van der Waals surface area contributed by atoms with Crippen molar-refractivity contribution in [3.05, 3.63) is 58.9 Å². The molecule has 0 bridgehead atoms. The smallest absolute Gasteiger partial charge is 0.255 e. The number of methoxy groups -OCH3 is 1. The summed E-state index contributed by atoms with van der Waals surface area (Å²) in [5.74, 6) is 0.178. The molecule has 1 amide bonds. The van der Waals surface area contributed by atoms with Gasteiger partial charge in [0.2, 0.25) is 0 Å². The number of carbonyl (C=O) groups is 1. The van der Waals surface area contributed by atoms with Gasteiger partial charge in [0.15, 0.2) is 0 Å². The van der Waals surface area contributed by atoms with Gasteiger partial charge >= 0.3 is 0 Å². The molecule has 22 heavy (non-hydrogen) atoms. The van der Waals surface area contributed by atoms with Gasteiger partial charge in [0.05, 0.1) is 12.8 Å². The van der Waals surface area contributed by atoms with E-state index in [0.29, 0.717) is 5.56 Å². The van der Waals surface area contributed by atoms with Crippen molar-refractivity contribution in [3.63, 3.8) is 0 Å². The molecule has 0 aliphatic rings. The zero-order valence-corrected chi connectivity index (χ0v) is 13.2. The predicted molar refractivity (Wildman–Crippen MR) is 86.2 cm³/mol. The second kappa shape index (κ2) is 6.60. The second-order valence-corrected chi connectivity index (χ2v) is 5.55. The summed E-state index contributed by atoms with van der Waals surface area (Å²) >= 11 is 0.